The Bertz CT molecular complexity index is 859. The summed E-state index contributed by atoms with van der Waals surface area (Å²) in [4.78, 5) is 24.8. The van der Waals surface area contributed by atoms with Crippen molar-refractivity contribution in [3.8, 4) is 0 Å². The molecule has 2 N–H and O–H groups in total. The molecule has 0 unspecified atom stereocenters. The Labute approximate surface area is 154 Å². The second-order valence-corrected chi connectivity index (χ2v) is 7.60. The van der Waals surface area contributed by atoms with Crippen LogP contribution in [0.25, 0.3) is 10.9 Å². The van der Waals surface area contributed by atoms with E-state index in [-0.39, 0.29) is 17.7 Å². The number of hydrogen-bond acceptors (Lipinski definition) is 2. The Hall–Kier alpha value is -2.56. The van der Waals surface area contributed by atoms with E-state index >= 15 is 0 Å². The number of benzene rings is 1. The molecule has 2 aromatic rings. The van der Waals surface area contributed by atoms with Crippen molar-refractivity contribution in [3.05, 3.63) is 47.7 Å². The van der Waals surface area contributed by atoms with E-state index in [0.717, 1.165) is 23.0 Å². The first kappa shape index (κ1) is 18.2. The zero-order chi connectivity index (χ0) is 18.8. The summed E-state index contributed by atoms with van der Waals surface area (Å²) >= 11 is 0. The Morgan fingerprint density at radius 3 is 2.58 bits per heavy atom. The second-order valence-electron chi connectivity index (χ2n) is 7.60. The minimum atomic E-state index is -0.528. The maximum atomic E-state index is 12.5. The fourth-order valence-corrected chi connectivity index (χ4v) is 3.40. The second kappa shape index (κ2) is 7.36. The van der Waals surface area contributed by atoms with Crippen LogP contribution >= 0.6 is 0 Å². The van der Waals surface area contributed by atoms with Crippen molar-refractivity contribution in [1.82, 2.24) is 15.2 Å². The van der Waals surface area contributed by atoms with Gasteiger partial charge in [-0.05, 0) is 31.4 Å². The van der Waals surface area contributed by atoms with Gasteiger partial charge >= 0.3 is 0 Å². The van der Waals surface area contributed by atoms with E-state index in [1.807, 2.05) is 26.0 Å². The number of hydrogen-bond donors (Lipinski definition) is 2. The van der Waals surface area contributed by atoms with Crippen molar-refractivity contribution in [2.45, 2.75) is 52.7 Å². The monoisotopic (exact) mass is 353 g/mol. The van der Waals surface area contributed by atoms with Crippen LogP contribution in [0.5, 0.6) is 0 Å². The molecule has 1 aromatic carbocycles. The first-order valence-corrected chi connectivity index (χ1v) is 9.17. The molecule has 1 aliphatic heterocycles. The predicted octanol–water partition coefficient (Wildman–Crippen LogP) is 2.79. The third-order valence-corrected chi connectivity index (χ3v) is 4.87. The van der Waals surface area contributed by atoms with Crippen molar-refractivity contribution < 1.29 is 9.59 Å². The molecule has 2 heterocycles. The van der Waals surface area contributed by atoms with Gasteiger partial charge in [0.15, 0.2) is 0 Å². The molecule has 138 valence electrons. The molecule has 1 aromatic heterocycles. The average molecular weight is 353 g/mol. The van der Waals surface area contributed by atoms with Gasteiger partial charge in [-0.25, -0.2) is 0 Å². The van der Waals surface area contributed by atoms with Gasteiger partial charge in [-0.2, -0.15) is 0 Å². The standard InChI is InChI=1S/C21H27N3O2/c1-13(2)9-10-24-12-15(16-7-5-6-8-18(16)24)11-17-20(25)23-19(14(3)4)21(26)22-17/h5-9,12,14,17,19H,10-11H2,1-4H3,(H,22,26)(H,23,25)/t17-,19+/m1/s1. The van der Waals surface area contributed by atoms with E-state index in [4.69, 9.17) is 0 Å². The molecule has 5 nitrogen and oxygen atoms in total. The van der Waals surface area contributed by atoms with E-state index in [0.29, 0.717) is 6.42 Å². The number of rotatable bonds is 5. The largest absolute Gasteiger partial charge is 0.343 e. The predicted molar refractivity (Wildman–Crippen MR) is 104 cm³/mol. The van der Waals surface area contributed by atoms with Crippen molar-refractivity contribution in [1.29, 1.82) is 0 Å². The summed E-state index contributed by atoms with van der Waals surface area (Å²) < 4.78 is 2.19. The maximum Gasteiger partial charge on any atom is 0.243 e. The third kappa shape index (κ3) is 3.66. The Kier molecular flexibility index (Phi) is 5.16. The van der Waals surface area contributed by atoms with Crippen LogP contribution in [0.1, 0.15) is 33.3 Å². The lowest BCUT2D eigenvalue weighted by molar-refractivity contribution is -0.137. The fraction of sp³-hybridized carbons (Fsp3) is 0.429. The van der Waals surface area contributed by atoms with Crippen molar-refractivity contribution in [2.75, 3.05) is 0 Å². The minimum absolute atomic E-state index is 0.0749. The van der Waals surface area contributed by atoms with Gasteiger partial charge in [0, 0.05) is 30.1 Å². The number of aromatic nitrogens is 1. The van der Waals surface area contributed by atoms with Crippen LogP contribution in [-0.4, -0.2) is 28.5 Å². The molecule has 2 amide bonds. The third-order valence-electron chi connectivity index (χ3n) is 4.87. The van der Waals surface area contributed by atoms with Gasteiger partial charge in [-0.15, -0.1) is 0 Å². The Morgan fingerprint density at radius 1 is 1.15 bits per heavy atom. The Morgan fingerprint density at radius 2 is 1.88 bits per heavy atom. The summed E-state index contributed by atoms with van der Waals surface area (Å²) in [6.45, 7) is 8.82. The highest BCUT2D eigenvalue weighted by Gasteiger charge is 2.35. The van der Waals surface area contributed by atoms with E-state index in [1.54, 1.807) is 0 Å². The average Bonchev–Trinajstić information content (AvgIpc) is 2.94. The first-order valence-electron chi connectivity index (χ1n) is 9.17. The molecule has 1 saturated heterocycles. The number of carbonyl (C=O) groups is 2. The smallest absolute Gasteiger partial charge is 0.243 e. The lowest BCUT2D eigenvalue weighted by Crippen LogP contribution is -2.63. The highest BCUT2D eigenvalue weighted by atomic mass is 16.2. The van der Waals surface area contributed by atoms with Crippen LogP contribution in [0.4, 0.5) is 0 Å². The molecule has 26 heavy (non-hydrogen) atoms. The molecule has 0 bridgehead atoms. The van der Waals surface area contributed by atoms with Gasteiger partial charge < -0.3 is 15.2 Å². The molecule has 1 fully saturated rings. The Balaban J connectivity index is 1.86. The fourth-order valence-electron chi connectivity index (χ4n) is 3.40. The highest BCUT2D eigenvalue weighted by molar-refractivity contribution is 5.97. The molecular formula is C21H27N3O2. The summed E-state index contributed by atoms with van der Waals surface area (Å²) in [5.41, 5.74) is 3.48. The van der Waals surface area contributed by atoms with Crippen LogP contribution in [0, 0.1) is 5.92 Å². The van der Waals surface area contributed by atoms with Crippen LogP contribution in [0.15, 0.2) is 42.1 Å². The zero-order valence-corrected chi connectivity index (χ0v) is 15.9. The number of nitrogens with zero attached hydrogens (tertiary/aromatic N) is 1. The van der Waals surface area contributed by atoms with E-state index in [9.17, 15) is 9.59 Å². The summed E-state index contributed by atoms with van der Waals surface area (Å²) in [7, 11) is 0. The van der Waals surface area contributed by atoms with Gasteiger partial charge in [-0.1, -0.05) is 43.7 Å². The van der Waals surface area contributed by atoms with Gasteiger partial charge in [0.1, 0.15) is 12.1 Å². The van der Waals surface area contributed by atoms with E-state index in [1.165, 1.54) is 5.57 Å². The van der Waals surface area contributed by atoms with Gasteiger partial charge in [0.05, 0.1) is 0 Å². The van der Waals surface area contributed by atoms with Crippen LogP contribution < -0.4 is 10.6 Å². The number of amides is 2. The molecule has 2 atom stereocenters. The minimum Gasteiger partial charge on any atom is -0.343 e. The number of nitrogens with one attached hydrogen (secondary N) is 2. The molecular weight excluding hydrogens is 326 g/mol. The topological polar surface area (TPSA) is 63.1 Å². The van der Waals surface area contributed by atoms with E-state index < -0.39 is 12.1 Å². The number of allylic oxidation sites excluding steroid dienone is 2. The summed E-state index contributed by atoms with van der Waals surface area (Å²) in [5.74, 6) is -0.131. The molecule has 0 radical (unpaired) electrons. The quantitative estimate of drug-likeness (QED) is 0.812. The van der Waals surface area contributed by atoms with Crippen LogP contribution in [0.3, 0.4) is 0 Å². The van der Waals surface area contributed by atoms with Gasteiger partial charge in [0.25, 0.3) is 0 Å². The molecule has 1 aliphatic rings. The van der Waals surface area contributed by atoms with Gasteiger partial charge in [-0.3, -0.25) is 9.59 Å². The number of carbonyl (C=O) groups excluding carboxylic acids is 2. The zero-order valence-electron chi connectivity index (χ0n) is 15.9. The maximum absolute atomic E-state index is 12.5. The molecule has 5 heteroatoms. The normalized spacial score (nSPS) is 20.2. The van der Waals surface area contributed by atoms with Crippen molar-refractivity contribution in [3.63, 3.8) is 0 Å². The van der Waals surface area contributed by atoms with Gasteiger partial charge in [0.2, 0.25) is 11.8 Å². The molecule has 0 aliphatic carbocycles. The summed E-state index contributed by atoms with van der Waals surface area (Å²) in [6.07, 6.45) is 4.77. The molecule has 0 saturated carbocycles. The van der Waals surface area contributed by atoms with Crippen LogP contribution in [0.2, 0.25) is 0 Å². The number of piperazine rings is 1. The molecule has 3 rings (SSSR count). The lowest BCUT2D eigenvalue weighted by Gasteiger charge is -2.31. The number of para-hydroxylation sites is 1. The lowest BCUT2D eigenvalue weighted by atomic mass is 9.97. The highest BCUT2D eigenvalue weighted by Crippen LogP contribution is 2.23. The first-order chi connectivity index (χ1) is 12.4. The summed E-state index contributed by atoms with van der Waals surface area (Å²) in [5, 5.41) is 6.89. The van der Waals surface area contributed by atoms with Crippen molar-refractivity contribution >= 4 is 22.7 Å². The molecule has 0 spiro atoms. The summed E-state index contributed by atoms with van der Waals surface area (Å²) in [6, 6.07) is 7.21. The van der Waals surface area contributed by atoms with E-state index in [2.05, 4.69) is 53.5 Å². The van der Waals surface area contributed by atoms with Crippen molar-refractivity contribution in [2.24, 2.45) is 5.92 Å². The van der Waals surface area contributed by atoms with Crippen LogP contribution in [-0.2, 0) is 22.6 Å². The number of fused-ring (bicyclic) bond motifs is 1. The SMILES string of the molecule is CC(C)=CCn1cc(C[C@H]2NC(=O)[C@H](C(C)C)NC2=O)c2ccccc21.